The van der Waals surface area contributed by atoms with E-state index in [0.29, 0.717) is 27.0 Å². The van der Waals surface area contributed by atoms with Gasteiger partial charge in [-0.2, -0.15) is 14.0 Å². The summed E-state index contributed by atoms with van der Waals surface area (Å²) in [7, 11) is 0. The lowest BCUT2D eigenvalue weighted by atomic mass is 10.1. The summed E-state index contributed by atoms with van der Waals surface area (Å²) in [6.07, 6.45) is -1.21. The van der Waals surface area contributed by atoms with Gasteiger partial charge in [0.1, 0.15) is 17.9 Å². The summed E-state index contributed by atoms with van der Waals surface area (Å²) in [5.74, 6) is 0. The van der Waals surface area contributed by atoms with Gasteiger partial charge in [-0.15, -0.1) is 0 Å². The minimum Gasteiger partial charge on any atom is -0.465 e. The maximum Gasteiger partial charge on any atom is 0.408 e. The smallest absolute Gasteiger partial charge is 0.408 e. The number of carboxylic acid groups (broad SMARTS) is 1. The van der Waals surface area contributed by atoms with Gasteiger partial charge in [0, 0.05) is 5.56 Å². The molecular formula is C12H8Cl2N4O2S. The Bertz CT molecular complexity index is 693. The highest BCUT2D eigenvalue weighted by molar-refractivity contribution is 6.99. The number of aromatic nitrogens is 2. The first kappa shape index (κ1) is 15.5. The quantitative estimate of drug-likeness (QED) is 0.858. The van der Waals surface area contributed by atoms with E-state index in [1.54, 1.807) is 24.3 Å². The molecule has 2 rings (SSSR count). The van der Waals surface area contributed by atoms with E-state index in [9.17, 15) is 4.79 Å². The van der Waals surface area contributed by atoms with Crippen molar-refractivity contribution in [3.05, 3.63) is 33.9 Å². The third-order valence-electron chi connectivity index (χ3n) is 2.63. The minimum absolute atomic E-state index is 0.0592. The molecule has 0 fully saturated rings. The van der Waals surface area contributed by atoms with Crippen LogP contribution in [0.1, 0.15) is 5.69 Å². The number of benzene rings is 1. The van der Waals surface area contributed by atoms with Gasteiger partial charge in [-0.05, 0) is 12.1 Å². The second-order valence-electron chi connectivity index (χ2n) is 3.95. The van der Waals surface area contributed by atoms with Gasteiger partial charge in [-0.25, -0.2) is 4.79 Å². The highest BCUT2D eigenvalue weighted by Crippen LogP contribution is 2.35. The third-order valence-corrected chi connectivity index (χ3v) is 3.82. The summed E-state index contributed by atoms with van der Waals surface area (Å²) in [6, 6.07) is 6.82. The number of hydrogen-bond donors (Lipinski definition) is 1. The number of nitrogens with zero attached hydrogens (tertiary/aromatic N) is 4. The van der Waals surface area contributed by atoms with Gasteiger partial charge >= 0.3 is 6.09 Å². The molecule has 0 aliphatic heterocycles. The zero-order chi connectivity index (χ0) is 15.4. The van der Waals surface area contributed by atoms with E-state index < -0.39 is 6.09 Å². The number of nitriles is 1. The lowest BCUT2D eigenvalue weighted by molar-refractivity contribution is 0.148. The molecule has 0 unspecified atom stereocenters. The van der Waals surface area contributed by atoms with Gasteiger partial charge in [-0.3, -0.25) is 4.90 Å². The van der Waals surface area contributed by atoms with Crippen LogP contribution in [0, 0.1) is 11.3 Å². The van der Waals surface area contributed by atoms with Crippen molar-refractivity contribution in [2.75, 3.05) is 6.54 Å². The molecule has 0 saturated carbocycles. The summed E-state index contributed by atoms with van der Waals surface area (Å²) in [6.45, 7) is -0.321. The van der Waals surface area contributed by atoms with Crippen molar-refractivity contribution in [1.82, 2.24) is 13.6 Å². The van der Waals surface area contributed by atoms with E-state index in [4.69, 9.17) is 33.6 Å². The van der Waals surface area contributed by atoms with Gasteiger partial charge in [-0.1, -0.05) is 29.3 Å². The van der Waals surface area contributed by atoms with Crippen LogP contribution in [0.5, 0.6) is 0 Å². The van der Waals surface area contributed by atoms with Crippen molar-refractivity contribution in [3.63, 3.8) is 0 Å². The number of carbonyl (C=O) groups is 1. The van der Waals surface area contributed by atoms with E-state index >= 15 is 0 Å². The molecule has 0 aliphatic carbocycles. The molecule has 0 radical (unpaired) electrons. The van der Waals surface area contributed by atoms with Gasteiger partial charge in [0.25, 0.3) is 0 Å². The number of hydrogen-bond acceptors (Lipinski definition) is 5. The van der Waals surface area contributed by atoms with E-state index in [2.05, 4.69) is 8.75 Å². The van der Waals surface area contributed by atoms with Crippen molar-refractivity contribution in [2.24, 2.45) is 0 Å². The standard InChI is InChI=1S/C12H8Cl2N4O2S/c13-7-2-1-3-8(14)10(7)11-9(16-21-17-11)6-18(5-4-15)12(19)20/h1-3H,5-6H2,(H,19,20). The Morgan fingerprint density at radius 2 is 2.05 bits per heavy atom. The van der Waals surface area contributed by atoms with E-state index in [1.165, 1.54) is 0 Å². The van der Waals surface area contributed by atoms with Crippen molar-refractivity contribution in [1.29, 1.82) is 5.26 Å². The molecule has 0 bridgehead atoms. The van der Waals surface area contributed by atoms with Crippen molar-refractivity contribution >= 4 is 41.0 Å². The molecule has 1 heterocycles. The first-order chi connectivity index (χ1) is 10.0. The Kier molecular flexibility index (Phi) is 4.96. The summed E-state index contributed by atoms with van der Waals surface area (Å²) >= 11 is 13.2. The molecule has 1 N–H and O–H groups in total. The summed E-state index contributed by atoms with van der Waals surface area (Å²) in [4.78, 5) is 12.0. The molecule has 6 nitrogen and oxygen atoms in total. The molecule has 108 valence electrons. The molecule has 0 aliphatic rings. The molecule has 1 aromatic heterocycles. The summed E-state index contributed by atoms with van der Waals surface area (Å²) < 4.78 is 8.22. The van der Waals surface area contributed by atoms with Gasteiger partial charge in [0.2, 0.25) is 0 Å². The van der Waals surface area contributed by atoms with Crippen LogP contribution in [-0.4, -0.2) is 31.4 Å². The van der Waals surface area contributed by atoms with Gasteiger partial charge in [0.15, 0.2) is 0 Å². The monoisotopic (exact) mass is 342 g/mol. The van der Waals surface area contributed by atoms with Crippen molar-refractivity contribution in [2.45, 2.75) is 6.54 Å². The first-order valence-corrected chi connectivity index (χ1v) is 7.14. The van der Waals surface area contributed by atoms with E-state index in [0.717, 1.165) is 16.6 Å². The Morgan fingerprint density at radius 1 is 1.38 bits per heavy atom. The zero-order valence-corrected chi connectivity index (χ0v) is 12.8. The largest absolute Gasteiger partial charge is 0.465 e. The minimum atomic E-state index is -1.21. The molecule has 0 spiro atoms. The van der Waals surface area contributed by atoms with Crippen LogP contribution in [-0.2, 0) is 6.54 Å². The maximum atomic E-state index is 11.1. The Hall–Kier alpha value is -1.88. The molecule has 2 aromatic rings. The molecule has 0 atom stereocenters. The van der Waals surface area contributed by atoms with Crippen LogP contribution >= 0.6 is 34.9 Å². The Balaban J connectivity index is 2.40. The van der Waals surface area contributed by atoms with E-state index in [-0.39, 0.29) is 13.1 Å². The van der Waals surface area contributed by atoms with Crippen molar-refractivity contribution < 1.29 is 9.90 Å². The predicted molar refractivity (Wildman–Crippen MR) is 79.4 cm³/mol. The van der Waals surface area contributed by atoms with Crippen LogP contribution in [0.3, 0.4) is 0 Å². The summed E-state index contributed by atoms with van der Waals surface area (Å²) in [5, 5.41) is 18.5. The second-order valence-corrected chi connectivity index (χ2v) is 5.30. The molecule has 9 heteroatoms. The Labute approximate surface area is 134 Å². The maximum absolute atomic E-state index is 11.1. The third kappa shape index (κ3) is 3.42. The first-order valence-electron chi connectivity index (χ1n) is 5.65. The van der Waals surface area contributed by atoms with Crippen LogP contribution in [0.4, 0.5) is 4.79 Å². The Morgan fingerprint density at radius 3 is 2.62 bits per heavy atom. The fraction of sp³-hybridized carbons (Fsp3) is 0.167. The van der Waals surface area contributed by atoms with Gasteiger partial charge in [0.05, 0.1) is 34.4 Å². The van der Waals surface area contributed by atoms with Crippen LogP contribution in [0.25, 0.3) is 11.3 Å². The highest BCUT2D eigenvalue weighted by atomic mass is 35.5. The van der Waals surface area contributed by atoms with Gasteiger partial charge < -0.3 is 5.11 Å². The van der Waals surface area contributed by atoms with E-state index in [1.807, 2.05) is 0 Å². The van der Waals surface area contributed by atoms with Crippen LogP contribution in [0.15, 0.2) is 18.2 Å². The number of rotatable bonds is 4. The van der Waals surface area contributed by atoms with Crippen LogP contribution < -0.4 is 0 Å². The normalized spacial score (nSPS) is 10.1. The topological polar surface area (TPSA) is 90.1 Å². The predicted octanol–water partition coefficient (Wildman–Crippen LogP) is 3.52. The lowest BCUT2D eigenvalue weighted by Gasteiger charge is -2.14. The summed E-state index contributed by atoms with van der Waals surface area (Å²) in [5.41, 5.74) is 1.35. The highest BCUT2D eigenvalue weighted by Gasteiger charge is 2.21. The van der Waals surface area contributed by atoms with Crippen LogP contribution in [0.2, 0.25) is 10.0 Å². The molecular weight excluding hydrogens is 335 g/mol. The zero-order valence-electron chi connectivity index (χ0n) is 10.5. The average Bonchev–Trinajstić information content (AvgIpc) is 2.86. The fourth-order valence-electron chi connectivity index (χ4n) is 1.68. The molecule has 1 aromatic carbocycles. The molecule has 21 heavy (non-hydrogen) atoms. The lowest BCUT2D eigenvalue weighted by Crippen LogP contribution is -2.29. The molecule has 0 saturated heterocycles. The molecule has 1 amide bonds. The SMILES string of the molecule is N#CCN(Cc1nsnc1-c1c(Cl)cccc1Cl)C(=O)O. The number of amides is 1. The average molecular weight is 343 g/mol. The number of halogens is 2. The van der Waals surface area contributed by atoms with Crippen molar-refractivity contribution in [3.8, 4) is 17.3 Å². The fourth-order valence-corrected chi connectivity index (χ4v) is 2.82. The second kappa shape index (κ2) is 6.72.